The van der Waals surface area contributed by atoms with Crippen LogP contribution in [0, 0.1) is 0 Å². The number of amides is 7. The Morgan fingerprint density at radius 1 is 0.635 bits per heavy atom. The fourth-order valence-corrected chi connectivity index (χ4v) is 6.38. The highest BCUT2D eigenvalue weighted by Crippen LogP contribution is 2.25. The maximum atomic E-state index is 13.6. The van der Waals surface area contributed by atoms with Crippen molar-refractivity contribution >= 4 is 53.3 Å². The molecule has 23 nitrogen and oxygen atoms in total. The van der Waals surface area contributed by atoms with Crippen LogP contribution in [0.4, 0.5) is 0 Å². The second kappa shape index (κ2) is 28.7. The second-order valence-corrected chi connectivity index (χ2v) is 16.1. The second-order valence-electron chi connectivity index (χ2n) is 16.1. The molecule has 360 valence electrons. The lowest BCUT2D eigenvalue weighted by Gasteiger charge is -2.34. The van der Waals surface area contributed by atoms with Crippen LogP contribution in [-0.2, 0) is 47.9 Å². The summed E-state index contributed by atoms with van der Waals surface area (Å²) in [5.41, 5.74) is -1.94. The summed E-state index contributed by atoms with van der Waals surface area (Å²) in [6, 6.07) is -12.2. The Morgan fingerprint density at radius 3 is 1.49 bits per heavy atom. The molecule has 0 aliphatic carbocycles. The lowest BCUT2D eigenvalue weighted by molar-refractivity contribution is -0.172. The average molecular weight is 904 g/mol. The highest BCUT2D eigenvalue weighted by atomic mass is 16.6. The van der Waals surface area contributed by atoms with Crippen LogP contribution in [0.3, 0.4) is 0 Å². The molecule has 1 heterocycles. The van der Waals surface area contributed by atoms with Crippen molar-refractivity contribution in [3.05, 3.63) is 0 Å². The van der Waals surface area contributed by atoms with E-state index in [0.717, 1.165) is 59.3 Å². The van der Waals surface area contributed by atoms with Gasteiger partial charge < -0.3 is 72.6 Å². The molecule has 1 aliphatic heterocycles. The van der Waals surface area contributed by atoms with Gasteiger partial charge in [0, 0.05) is 0 Å². The maximum absolute atomic E-state index is 13.6. The Labute approximate surface area is 366 Å². The maximum Gasteiger partial charge on any atom is 0.331 e. The van der Waals surface area contributed by atoms with Gasteiger partial charge in [-0.05, 0) is 34.1 Å². The Hall–Kier alpha value is -4.97. The molecule has 7 amide bonds. The number of aliphatic hydroxyl groups excluding tert-OH is 4. The monoisotopic (exact) mass is 903 g/mol. The molecule has 0 spiro atoms. The predicted molar refractivity (Wildman–Crippen MR) is 222 cm³/mol. The lowest BCUT2D eigenvalue weighted by atomic mass is 9.89. The number of carboxylic acid groups (broad SMARTS) is 1. The van der Waals surface area contributed by atoms with Gasteiger partial charge in [0.25, 0.3) is 0 Å². The van der Waals surface area contributed by atoms with Crippen LogP contribution in [0.2, 0.25) is 0 Å². The summed E-state index contributed by atoms with van der Waals surface area (Å²) in [6.07, 6.45) is 4.45. The molecule has 0 aromatic heterocycles. The zero-order valence-electron chi connectivity index (χ0n) is 36.8. The number of carboxylic acids is 1. The van der Waals surface area contributed by atoms with Gasteiger partial charge in [-0.2, -0.15) is 0 Å². The van der Waals surface area contributed by atoms with Crippen LogP contribution in [0.5, 0.6) is 0 Å². The number of hydrogen-bond acceptors (Lipinski definition) is 15. The molecule has 1 aliphatic rings. The molecular weight excluding hydrogens is 834 g/mol. The number of hydrogen-bond donors (Lipinski definition) is 13. The summed E-state index contributed by atoms with van der Waals surface area (Å²) < 4.78 is 5.57. The smallest absolute Gasteiger partial charge is 0.331 e. The van der Waals surface area contributed by atoms with Crippen molar-refractivity contribution in [3.63, 3.8) is 0 Å². The van der Waals surface area contributed by atoms with Gasteiger partial charge in [-0.1, -0.05) is 71.1 Å². The van der Waals surface area contributed by atoms with Crippen molar-refractivity contribution in [3.8, 4) is 0 Å². The highest BCUT2D eigenvalue weighted by Gasteiger charge is 2.41. The Balaban J connectivity index is 3.55. The normalized spacial score (nSPS) is 27.0. The van der Waals surface area contributed by atoms with Gasteiger partial charge in [0.1, 0.15) is 42.4 Å². The summed E-state index contributed by atoms with van der Waals surface area (Å²) in [7, 11) is 0. The average Bonchev–Trinajstić information content (AvgIpc) is 3.21. The fraction of sp³-hybridized carbons (Fsp3) is 0.775. The van der Waals surface area contributed by atoms with E-state index in [1.54, 1.807) is 0 Å². The molecule has 0 saturated carbocycles. The van der Waals surface area contributed by atoms with Gasteiger partial charge in [0.2, 0.25) is 41.4 Å². The lowest BCUT2D eigenvalue weighted by Crippen LogP contribution is -2.61. The van der Waals surface area contributed by atoms with E-state index in [9.17, 15) is 73.8 Å². The minimum absolute atomic E-state index is 0.00216. The summed E-state index contributed by atoms with van der Waals surface area (Å²) in [5.74, 6) is -11.0. The van der Waals surface area contributed by atoms with Crippen LogP contribution in [0.25, 0.3) is 0 Å². The number of rotatable bonds is 18. The molecule has 1 saturated heterocycles. The summed E-state index contributed by atoms with van der Waals surface area (Å²) in [5, 5.41) is 76.6. The molecule has 13 N–H and O–H groups in total. The van der Waals surface area contributed by atoms with E-state index in [1.165, 1.54) is 19.8 Å². The third-order valence-corrected chi connectivity index (χ3v) is 10.4. The van der Waals surface area contributed by atoms with E-state index >= 15 is 0 Å². The SMILES string of the molecule is CCCCCCCCCCCC[C@@](C)(O)[C@H]1CC(=O)N[C@@H](CO)C(=O)N[C@H](C)C(=O)N[C@H](CC(=O)O)C(=O)N[C@@H](C)C(=O)N[C@H](CO)C(=O)N[C@H](CO)C(=O)N[C@H]([C@@H](C)O)C(=O)O1. The molecular formula is C40H69N7O16. The fourth-order valence-electron chi connectivity index (χ4n) is 6.38. The van der Waals surface area contributed by atoms with E-state index in [1.807, 2.05) is 0 Å². The van der Waals surface area contributed by atoms with Gasteiger partial charge >= 0.3 is 11.9 Å². The number of ether oxygens (including phenoxy) is 1. The van der Waals surface area contributed by atoms with Crippen LogP contribution in [0.15, 0.2) is 0 Å². The molecule has 0 radical (unpaired) electrons. The highest BCUT2D eigenvalue weighted by molar-refractivity contribution is 5.98. The van der Waals surface area contributed by atoms with Crippen molar-refractivity contribution in [1.82, 2.24) is 37.2 Å². The van der Waals surface area contributed by atoms with Crippen molar-refractivity contribution in [2.75, 3.05) is 19.8 Å². The predicted octanol–water partition coefficient (Wildman–Crippen LogP) is -3.37. The Bertz CT molecular complexity index is 1550. The zero-order valence-corrected chi connectivity index (χ0v) is 36.8. The first-order chi connectivity index (χ1) is 29.6. The van der Waals surface area contributed by atoms with Gasteiger partial charge in [-0.15, -0.1) is 0 Å². The number of esters is 1. The summed E-state index contributed by atoms with van der Waals surface area (Å²) in [6.45, 7) is 3.57. The van der Waals surface area contributed by atoms with E-state index in [0.29, 0.717) is 12.8 Å². The van der Waals surface area contributed by atoms with E-state index < -0.39 is 146 Å². The number of aliphatic hydroxyl groups is 5. The topological polar surface area (TPSA) is 368 Å². The molecule has 1 rings (SSSR count). The van der Waals surface area contributed by atoms with Crippen LogP contribution >= 0.6 is 0 Å². The minimum atomic E-state index is -1.94. The van der Waals surface area contributed by atoms with Crippen molar-refractivity contribution < 1.29 is 78.5 Å². The van der Waals surface area contributed by atoms with Gasteiger partial charge in [0.05, 0.1) is 44.4 Å². The molecule has 0 aromatic carbocycles. The number of nitrogens with one attached hydrogen (secondary N) is 7. The molecule has 0 aromatic rings. The largest absolute Gasteiger partial charge is 0.481 e. The van der Waals surface area contributed by atoms with Gasteiger partial charge in [-0.25, -0.2) is 4.79 Å². The molecule has 10 atom stereocenters. The van der Waals surface area contributed by atoms with E-state index in [-0.39, 0.29) is 6.42 Å². The van der Waals surface area contributed by atoms with Crippen LogP contribution in [-0.4, -0.2) is 164 Å². The number of cyclic esters (lactones) is 1. The standard InChI is InChI=1S/C40H69N7O16/c1-6-7-8-9-10-11-12-13-14-15-16-40(5,62)29-18-30(52)43-26(19-48)36(58)42-22(2)33(55)44-25(17-31(53)54)35(57)41-23(3)34(56)45-27(20-49)37(59)46-28(21-50)38(60)47-32(24(4)51)39(61)63-29/h22-29,32,48-51,62H,6-21H2,1-5H3,(H,41,57)(H,42,58)(H,43,52)(H,44,55)(H,45,56)(H,46,59)(H,47,60)(H,53,54)/t22-,23+,24-,25-,26+,27-,28-,29-,32-,40-/m1/s1. The third-order valence-electron chi connectivity index (χ3n) is 10.4. The van der Waals surface area contributed by atoms with Crippen molar-refractivity contribution in [2.45, 2.75) is 178 Å². The number of unbranched alkanes of at least 4 members (excludes halogenated alkanes) is 9. The first kappa shape index (κ1) is 56.0. The summed E-state index contributed by atoms with van der Waals surface area (Å²) in [4.78, 5) is 117. The molecule has 23 heteroatoms. The first-order valence-electron chi connectivity index (χ1n) is 21.4. The van der Waals surface area contributed by atoms with Gasteiger partial charge in [-0.3, -0.25) is 38.4 Å². The first-order valence-corrected chi connectivity index (χ1v) is 21.4. The quantitative estimate of drug-likeness (QED) is 0.0472. The van der Waals surface area contributed by atoms with Crippen LogP contribution < -0.4 is 37.2 Å². The number of aliphatic carboxylic acids is 1. The number of carbonyl (C=O) groups is 9. The Kier molecular flexibility index (Phi) is 25.5. The Morgan fingerprint density at radius 2 is 1.03 bits per heavy atom. The zero-order chi connectivity index (χ0) is 47.9. The van der Waals surface area contributed by atoms with Crippen LogP contribution in [0.1, 0.15) is 118 Å². The summed E-state index contributed by atoms with van der Waals surface area (Å²) >= 11 is 0. The minimum Gasteiger partial charge on any atom is -0.481 e. The molecule has 0 unspecified atom stereocenters. The van der Waals surface area contributed by atoms with Gasteiger partial charge in [0.15, 0.2) is 6.04 Å². The van der Waals surface area contributed by atoms with Crippen molar-refractivity contribution in [1.29, 1.82) is 0 Å². The third kappa shape index (κ3) is 20.4. The molecule has 1 fully saturated rings. The van der Waals surface area contributed by atoms with Crippen molar-refractivity contribution in [2.24, 2.45) is 0 Å². The number of carbonyl (C=O) groups excluding carboxylic acids is 8. The molecule has 63 heavy (non-hydrogen) atoms. The van der Waals surface area contributed by atoms with E-state index in [2.05, 4.69) is 44.1 Å². The van der Waals surface area contributed by atoms with E-state index in [4.69, 9.17) is 4.74 Å². The molecule has 0 bridgehead atoms.